The van der Waals surface area contributed by atoms with Crippen LogP contribution in [0.3, 0.4) is 0 Å². The van der Waals surface area contributed by atoms with Crippen molar-refractivity contribution < 1.29 is 14.1 Å². The van der Waals surface area contributed by atoms with Crippen molar-refractivity contribution in [3.63, 3.8) is 0 Å². The molecule has 0 unspecified atom stereocenters. The predicted octanol–water partition coefficient (Wildman–Crippen LogP) is 3.11. The van der Waals surface area contributed by atoms with E-state index >= 15 is 0 Å². The number of carbonyl (C=O) groups is 1. The van der Waals surface area contributed by atoms with Crippen molar-refractivity contribution in [3.8, 4) is 0 Å². The van der Waals surface area contributed by atoms with Crippen molar-refractivity contribution in [2.75, 3.05) is 0 Å². The van der Waals surface area contributed by atoms with Gasteiger partial charge in [0.05, 0.1) is 16.2 Å². The molecule has 1 aliphatic rings. The SMILES string of the molecule is CC1(C)OB(c2cc(Cl)cc(C=O)c2Cl)OC1(C)C. The molecule has 3 nitrogen and oxygen atoms in total. The summed E-state index contributed by atoms with van der Waals surface area (Å²) < 4.78 is 11.8. The third-order valence-electron chi connectivity index (χ3n) is 3.73. The second-order valence-electron chi connectivity index (χ2n) is 5.60. The Morgan fingerprint density at radius 3 is 2.11 bits per heavy atom. The van der Waals surface area contributed by atoms with Crippen LogP contribution in [0.4, 0.5) is 0 Å². The smallest absolute Gasteiger partial charge is 0.399 e. The van der Waals surface area contributed by atoms with Gasteiger partial charge in [-0.25, -0.2) is 0 Å². The van der Waals surface area contributed by atoms with Crippen LogP contribution < -0.4 is 5.46 Å². The molecule has 1 aromatic carbocycles. The molecule has 0 saturated carbocycles. The Hall–Kier alpha value is -0.545. The fourth-order valence-corrected chi connectivity index (χ4v) is 2.34. The van der Waals surface area contributed by atoms with Crippen LogP contribution in [0.25, 0.3) is 0 Å². The third kappa shape index (κ3) is 2.55. The zero-order valence-electron chi connectivity index (χ0n) is 11.3. The number of hydrogen-bond donors (Lipinski definition) is 0. The molecule has 1 aliphatic heterocycles. The lowest BCUT2D eigenvalue weighted by Gasteiger charge is -2.32. The summed E-state index contributed by atoms with van der Waals surface area (Å²) in [5.41, 5.74) is -0.0243. The van der Waals surface area contributed by atoms with Crippen LogP contribution in [0.5, 0.6) is 0 Å². The summed E-state index contributed by atoms with van der Waals surface area (Å²) in [4.78, 5) is 11.0. The van der Waals surface area contributed by atoms with E-state index in [1.165, 1.54) is 6.07 Å². The maximum atomic E-state index is 11.0. The number of hydrogen-bond acceptors (Lipinski definition) is 3. The zero-order valence-corrected chi connectivity index (χ0v) is 12.8. The lowest BCUT2D eigenvalue weighted by Crippen LogP contribution is -2.41. The summed E-state index contributed by atoms with van der Waals surface area (Å²) in [6, 6.07) is 3.19. The highest BCUT2D eigenvalue weighted by molar-refractivity contribution is 6.66. The summed E-state index contributed by atoms with van der Waals surface area (Å²) in [5.74, 6) is 0. The summed E-state index contributed by atoms with van der Waals surface area (Å²) in [6.07, 6.45) is 0.670. The van der Waals surface area contributed by atoms with Gasteiger partial charge in [0.15, 0.2) is 6.29 Å². The van der Waals surface area contributed by atoms with Gasteiger partial charge < -0.3 is 9.31 Å². The van der Waals surface area contributed by atoms with E-state index in [4.69, 9.17) is 32.5 Å². The topological polar surface area (TPSA) is 35.5 Å². The van der Waals surface area contributed by atoms with Crippen molar-refractivity contribution in [2.24, 2.45) is 0 Å². The van der Waals surface area contributed by atoms with Crippen LogP contribution in [-0.2, 0) is 9.31 Å². The first-order chi connectivity index (χ1) is 8.68. The molecular weight excluding hydrogens is 286 g/mol. The lowest BCUT2D eigenvalue weighted by atomic mass is 9.78. The molecule has 1 heterocycles. The number of rotatable bonds is 2. The lowest BCUT2D eigenvalue weighted by molar-refractivity contribution is 0.00578. The van der Waals surface area contributed by atoms with Gasteiger partial charge in [-0.1, -0.05) is 23.2 Å². The summed E-state index contributed by atoms with van der Waals surface area (Å²) in [7, 11) is -0.630. The van der Waals surface area contributed by atoms with Gasteiger partial charge in [0.2, 0.25) is 0 Å². The van der Waals surface area contributed by atoms with E-state index in [9.17, 15) is 4.79 Å². The highest BCUT2D eigenvalue weighted by atomic mass is 35.5. The van der Waals surface area contributed by atoms with Gasteiger partial charge in [-0.3, -0.25) is 4.79 Å². The Bertz CT molecular complexity index is 513. The maximum absolute atomic E-state index is 11.0. The van der Waals surface area contributed by atoms with Crippen LogP contribution in [0, 0.1) is 0 Å². The van der Waals surface area contributed by atoms with E-state index in [1.807, 2.05) is 27.7 Å². The van der Waals surface area contributed by atoms with E-state index in [0.717, 1.165) is 0 Å². The van der Waals surface area contributed by atoms with Crippen molar-refractivity contribution in [1.29, 1.82) is 0 Å². The molecule has 0 radical (unpaired) electrons. The van der Waals surface area contributed by atoms with Crippen LogP contribution in [0.1, 0.15) is 38.1 Å². The minimum absolute atomic E-state index is 0.318. The largest absolute Gasteiger partial charge is 0.496 e. The molecule has 0 bridgehead atoms. The molecule has 19 heavy (non-hydrogen) atoms. The van der Waals surface area contributed by atoms with Gasteiger partial charge >= 0.3 is 7.12 Å². The highest BCUT2D eigenvalue weighted by Gasteiger charge is 2.52. The molecule has 0 aromatic heterocycles. The summed E-state index contributed by atoms with van der Waals surface area (Å²) in [5, 5.41) is 0.745. The fraction of sp³-hybridized carbons (Fsp3) is 0.462. The first-order valence-corrected chi connectivity index (χ1v) is 6.73. The molecular formula is C13H15BCl2O3. The summed E-state index contributed by atoms with van der Waals surface area (Å²) >= 11 is 12.2. The molecule has 1 aromatic rings. The van der Waals surface area contributed by atoms with E-state index in [1.54, 1.807) is 6.07 Å². The van der Waals surface area contributed by atoms with Gasteiger partial charge in [-0.2, -0.15) is 0 Å². The van der Waals surface area contributed by atoms with Crippen LogP contribution in [0.2, 0.25) is 10.0 Å². The van der Waals surface area contributed by atoms with E-state index in [-0.39, 0.29) is 0 Å². The van der Waals surface area contributed by atoms with Crippen LogP contribution in [0.15, 0.2) is 12.1 Å². The standard InChI is InChI=1S/C13H15BCl2O3/c1-12(2)13(3,4)19-14(18-12)10-6-9(15)5-8(7-17)11(10)16/h5-7H,1-4H3. The Kier molecular flexibility index (Phi) is 3.73. The quantitative estimate of drug-likeness (QED) is 0.622. The van der Waals surface area contributed by atoms with Gasteiger partial charge in [0.1, 0.15) is 0 Å². The van der Waals surface area contributed by atoms with Gasteiger partial charge in [-0.05, 0) is 39.8 Å². The maximum Gasteiger partial charge on any atom is 0.496 e. The van der Waals surface area contributed by atoms with Crippen molar-refractivity contribution in [3.05, 3.63) is 27.7 Å². The number of halogens is 2. The van der Waals surface area contributed by atoms with Crippen LogP contribution in [-0.4, -0.2) is 24.6 Å². The molecule has 1 fully saturated rings. The minimum atomic E-state index is -0.630. The Labute approximate surface area is 123 Å². The minimum Gasteiger partial charge on any atom is -0.399 e. The fourth-order valence-electron chi connectivity index (χ4n) is 1.86. The zero-order chi connectivity index (χ0) is 14.4. The number of carbonyl (C=O) groups excluding carboxylic acids is 1. The predicted molar refractivity (Wildman–Crippen MR) is 77.6 cm³/mol. The first kappa shape index (κ1) is 14.9. The normalized spacial score (nSPS) is 20.6. The Morgan fingerprint density at radius 2 is 1.63 bits per heavy atom. The van der Waals surface area contributed by atoms with Crippen molar-refractivity contribution in [1.82, 2.24) is 0 Å². The first-order valence-electron chi connectivity index (χ1n) is 5.98. The molecule has 2 rings (SSSR count). The van der Waals surface area contributed by atoms with Gasteiger partial charge in [-0.15, -0.1) is 0 Å². The molecule has 0 N–H and O–H groups in total. The van der Waals surface area contributed by atoms with Crippen LogP contribution >= 0.6 is 23.2 Å². The molecule has 0 atom stereocenters. The molecule has 102 valence electrons. The average Bonchev–Trinajstić information content (AvgIpc) is 2.50. The van der Waals surface area contributed by atoms with E-state index in [0.29, 0.717) is 27.4 Å². The van der Waals surface area contributed by atoms with E-state index < -0.39 is 18.3 Å². The second kappa shape index (κ2) is 4.78. The highest BCUT2D eigenvalue weighted by Crippen LogP contribution is 2.37. The molecule has 6 heteroatoms. The van der Waals surface area contributed by atoms with Gasteiger partial charge in [0, 0.05) is 16.0 Å². The van der Waals surface area contributed by atoms with E-state index in [2.05, 4.69) is 0 Å². The molecule has 0 amide bonds. The monoisotopic (exact) mass is 300 g/mol. The number of benzene rings is 1. The molecule has 0 aliphatic carbocycles. The molecule has 1 saturated heterocycles. The number of aldehydes is 1. The second-order valence-corrected chi connectivity index (χ2v) is 6.42. The Balaban J connectivity index is 2.45. The average molecular weight is 301 g/mol. The van der Waals surface area contributed by atoms with Gasteiger partial charge in [0.25, 0.3) is 0 Å². The van der Waals surface area contributed by atoms with Crippen molar-refractivity contribution in [2.45, 2.75) is 38.9 Å². The molecule has 0 spiro atoms. The third-order valence-corrected chi connectivity index (χ3v) is 4.38. The Morgan fingerprint density at radius 1 is 1.11 bits per heavy atom. The van der Waals surface area contributed by atoms with Crippen molar-refractivity contribution >= 4 is 42.1 Å². The summed E-state index contributed by atoms with van der Waals surface area (Å²) in [6.45, 7) is 7.80.